The molecule has 1 atom stereocenters. The van der Waals surface area contributed by atoms with Crippen molar-refractivity contribution in [2.75, 3.05) is 20.2 Å². The van der Waals surface area contributed by atoms with Crippen molar-refractivity contribution >= 4 is 0 Å². The Morgan fingerprint density at radius 1 is 1.19 bits per heavy atom. The fourth-order valence-corrected chi connectivity index (χ4v) is 1.80. The fourth-order valence-electron chi connectivity index (χ4n) is 1.80. The normalized spacial score (nSPS) is 13.0. The molecule has 1 rings (SSSR count). The predicted octanol–water partition coefficient (Wildman–Crippen LogP) is 2.80. The monoisotopic (exact) mass is 221 g/mol. The summed E-state index contributed by atoms with van der Waals surface area (Å²) in [6.07, 6.45) is 1.40. The average molecular weight is 221 g/mol. The first-order valence-corrected chi connectivity index (χ1v) is 6.05. The molecule has 0 aliphatic carbocycles. The van der Waals surface area contributed by atoms with E-state index in [1.165, 1.54) is 5.56 Å². The van der Waals surface area contributed by atoms with Crippen molar-refractivity contribution in [2.45, 2.75) is 32.3 Å². The molecule has 0 saturated carbocycles. The second-order valence-electron chi connectivity index (χ2n) is 4.37. The first-order chi connectivity index (χ1) is 7.74. The van der Waals surface area contributed by atoms with E-state index in [1.54, 1.807) is 0 Å². The fraction of sp³-hybridized carbons (Fsp3) is 0.571. The lowest BCUT2D eigenvalue weighted by atomic mass is 9.96. The summed E-state index contributed by atoms with van der Waals surface area (Å²) in [5.41, 5.74) is 1.39. The quantitative estimate of drug-likeness (QED) is 0.764. The van der Waals surface area contributed by atoms with Crippen molar-refractivity contribution in [3.8, 4) is 0 Å². The summed E-state index contributed by atoms with van der Waals surface area (Å²) in [6, 6.07) is 10.6. The van der Waals surface area contributed by atoms with Crippen LogP contribution in [0.15, 0.2) is 30.3 Å². The number of rotatable bonds is 7. The van der Waals surface area contributed by atoms with Crippen LogP contribution in [-0.2, 0) is 4.74 Å². The van der Waals surface area contributed by atoms with Gasteiger partial charge < -0.3 is 10.1 Å². The van der Waals surface area contributed by atoms with Gasteiger partial charge in [-0.2, -0.15) is 0 Å². The highest BCUT2D eigenvalue weighted by Gasteiger charge is 2.10. The molecule has 0 radical (unpaired) electrons. The molecule has 0 bridgehead atoms. The lowest BCUT2D eigenvalue weighted by Gasteiger charge is -2.17. The lowest BCUT2D eigenvalue weighted by Crippen LogP contribution is -2.19. The minimum absolute atomic E-state index is 0.325. The van der Waals surface area contributed by atoms with Gasteiger partial charge in [-0.15, -0.1) is 0 Å². The van der Waals surface area contributed by atoms with Gasteiger partial charge in [0.15, 0.2) is 0 Å². The Morgan fingerprint density at radius 3 is 2.44 bits per heavy atom. The second-order valence-corrected chi connectivity index (χ2v) is 4.37. The Balaban J connectivity index is 2.48. The van der Waals surface area contributed by atoms with Crippen molar-refractivity contribution in [1.29, 1.82) is 0 Å². The number of ether oxygens (including phenoxy) is 1. The highest BCUT2D eigenvalue weighted by molar-refractivity contribution is 5.19. The third kappa shape index (κ3) is 4.77. The summed E-state index contributed by atoms with van der Waals surface area (Å²) in [4.78, 5) is 0. The summed E-state index contributed by atoms with van der Waals surface area (Å²) in [5, 5.41) is 3.25. The summed E-state index contributed by atoms with van der Waals surface area (Å²) >= 11 is 0. The summed E-state index contributed by atoms with van der Waals surface area (Å²) in [6.45, 7) is 6.00. The van der Waals surface area contributed by atoms with Crippen LogP contribution in [0.4, 0.5) is 0 Å². The maximum atomic E-state index is 5.61. The van der Waals surface area contributed by atoms with Crippen LogP contribution in [-0.4, -0.2) is 26.3 Å². The van der Waals surface area contributed by atoms with E-state index in [-0.39, 0.29) is 0 Å². The second kappa shape index (κ2) is 7.42. The maximum absolute atomic E-state index is 5.61. The molecule has 1 unspecified atom stereocenters. The van der Waals surface area contributed by atoms with E-state index in [4.69, 9.17) is 4.74 Å². The molecule has 16 heavy (non-hydrogen) atoms. The highest BCUT2D eigenvalue weighted by Crippen LogP contribution is 2.18. The zero-order chi connectivity index (χ0) is 11.8. The predicted molar refractivity (Wildman–Crippen MR) is 68.8 cm³/mol. The zero-order valence-corrected chi connectivity index (χ0v) is 10.6. The molecule has 1 N–H and O–H groups in total. The van der Waals surface area contributed by atoms with E-state index in [1.807, 2.05) is 7.05 Å². The van der Waals surface area contributed by atoms with Crippen LogP contribution in [0.3, 0.4) is 0 Å². The molecule has 1 aromatic rings. The van der Waals surface area contributed by atoms with Gasteiger partial charge in [0.1, 0.15) is 0 Å². The molecule has 0 heterocycles. The van der Waals surface area contributed by atoms with Crippen LogP contribution < -0.4 is 5.32 Å². The molecule has 90 valence electrons. The van der Waals surface area contributed by atoms with Crippen LogP contribution in [0, 0.1) is 0 Å². The smallest absolute Gasteiger partial charge is 0.0518 e. The first kappa shape index (κ1) is 13.2. The minimum Gasteiger partial charge on any atom is -0.379 e. The molecular weight excluding hydrogens is 198 g/mol. The molecule has 0 spiro atoms. The Labute approximate surface area is 99.0 Å². The first-order valence-electron chi connectivity index (χ1n) is 6.05. The van der Waals surface area contributed by atoms with E-state index in [9.17, 15) is 0 Å². The Morgan fingerprint density at radius 2 is 1.88 bits per heavy atom. The molecule has 1 aromatic carbocycles. The molecular formula is C14H23NO. The number of hydrogen-bond donors (Lipinski definition) is 1. The summed E-state index contributed by atoms with van der Waals surface area (Å²) in [7, 11) is 2.00. The van der Waals surface area contributed by atoms with E-state index in [0.29, 0.717) is 12.0 Å². The molecule has 2 heteroatoms. The highest BCUT2D eigenvalue weighted by atomic mass is 16.5. The van der Waals surface area contributed by atoms with Gasteiger partial charge >= 0.3 is 0 Å². The Kier molecular flexibility index (Phi) is 6.12. The van der Waals surface area contributed by atoms with Gasteiger partial charge in [0.25, 0.3) is 0 Å². The lowest BCUT2D eigenvalue weighted by molar-refractivity contribution is 0.0734. The van der Waals surface area contributed by atoms with Crippen molar-refractivity contribution in [2.24, 2.45) is 0 Å². The van der Waals surface area contributed by atoms with E-state index in [0.717, 1.165) is 19.6 Å². The SMILES string of the molecule is CNCC(CCOC(C)C)c1ccccc1. The summed E-state index contributed by atoms with van der Waals surface area (Å²) < 4.78 is 5.61. The third-order valence-electron chi connectivity index (χ3n) is 2.64. The van der Waals surface area contributed by atoms with E-state index in [2.05, 4.69) is 49.5 Å². The van der Waals surface area contributed by atoms with Crippen molar-refractivity contribution < 1.29 is 4.74 Å². The van der Waals surface area contributed by atoms with Crippen molar-refractivity contribution in [3.05, 3.63) is 35.9 Å². The standard InChI is InChI=1S/C14H23NO/c1-12(2)16-10-9-14(11-15-3)13-7-5-4-6-8-13/h4-8,12,14-15H,9-11H2,1-3H3. The molecule has 0 aromatic heterocycles. The minimum atomic E-state index is 0.325. The van der Waals surface area contributed by atoms with Crippen LogP contribution in [0.25, 0.3) is 0 Å². The van der Waals surface area contributed by atoms with Gasteiger partial charge in [-0.1, -0.05) is 30.3 Å². The summed E-state index contributed by atoms with van der Waals surface area (Å²) in [5.74, 6) is 0.546. The maximum Gasteiger partial charge on any atom is 0.0518 e. The number of nitrogens with one attached hydrogen (secondary N) is 1. The van der Waals surface area contributed by atoms with Gasteiger partial charge in [0.2, 0.25) is 0 Å². The topological polar surface area (TPSA) is 21.3 Å². The molecule has 0 amide bonds. The zero-order valence-electron chi connectivity index (χ0n) is 10.6. The van der Waals surface area contributed by atoms with Gasteiger partial charge in [-0.3, -0.25) is 0 Å². The van der Waals surface area contributed by atoms with Gasteiger partial charge in [-0.25, -0.2) is 0 Å². The van der Waals surface area contributed by atoms with Gasteiger partial charge in [0, 0.05) is 13.2 Å². The molecule has 0 aliphatic heterocycles. The van der Waals surface area contributed by atoms with Gasteiger partial charge in [0.05, 0.1) is 6.10 Å². The van der Waals surface area contributed by atoms with Crippen LogP contribution in [0.1, 0.15) is 31.7 Å². The number of hydrogen-bond acceptors (Lipinski definition) is 2. The largest absolute Gasteiger partial charge is 0.379 e. The molecule has 0 saturated heterocycles. The average Bonchev–Trinajstić information content (AvgIpc) is 2.29. The van der Waals surface area contributed by atoms with Crippen LogP contribution in [0.5, 0.6) is 0 Å². The van der Waals surface area contributed by atoms with E-state index < -0.39 is 0 Å². The van der Waals surface area contributed by atoms with E-state index >= 15 is 0 Å². The van der Waals surface area contributed by atoms with Crippen LogP contribution in [0.2, 0.25) is 0 Å². The number of benzene rings is 1. The molecule has 0 fully saturated rings. The number of likely N-dealkylation sites (N-methyl/N-ethyl adjacent to an activating group) is 1. The Hall–Kier alpha value is -0.860. The van der Waals surface area contributed by atoms with Gasteiger partial charge in [-0.05, 0) is 38.8 Å². The Bertz CT molecular complexity index is 271. The molecule has 2 nitrogen and oxygen atoms in total. The third-order valence-corrected chi connectivity index (χ3v) is 2.64. The van der Waals surface area contributed by atoms with Crippen molar-refractivity contribution in [1.82, 2.24) is 5.32 Å². The molecule has 0 aliphatic rings. The van der Waals surface area contributed by atoms with Crippen LogP contribution >= 0.6 is 0 Å². The van der Waals surface area contributed by atoms with Crippen molar-refractivity contribution in [3.63, 3.8) is 0 Å².